The quantitative estimate of drug-likeness (QED) is 0.0359. The molecule has 0 aromatic heterocycles. The second kappa shape index (κ2) is 32.5. The fourth-order valence-corrected chi connectivity index (χ4v) is 5.82. The molecule has 11 heteroatoms. The Kier molecular flexibility index (Phi) is 36.5. The van der Waals surface area contributed by atoms with Crippen molar-refractivity contribution in [2.24, 2.45) is 10.8 Å². The first kappa shape index (κ1) is 50.6. The molecule has 0 spiro atoms. The molecule has 2 N–H and O–H groups in total. The summed E-state index contributed by atoms with van der Waals surface area (Å²) in [6.07, 6.45) is 18.1. The summed E-state index contributed by atoms with van der Waals surface area (Å²) in [5, 5.41) is 13.0. The first-order valence-corrected chi connectivity index (χ1v) is 18.7. The van der Waals surface area contributed by atoms with Crippen LogP contribution in [0.4, 0.5) is 0 Å². The second-order valence-electron chi connectivity index (χ2n) is 12.4. The van der Waals surface area contributed by atoms with E-state index in [1.807, 2.05) is 25.7 Å². The van der Waals surface area contributed by atoms with Gasteiger partial charge in [-0.05, 0) is 19.3 Å². The smallest absolute Gasteiger partial charge is 0.358 e. The minimum Gasteiger partial charge on any atom is -0.358 e. The van der Waals surface area contributed by atoms with Gasteiger partial charge in [-0.3, -0.25) is 9.59 Å². The Hall–Kier alpha value is 1.26. The van der Waals surface area contributed by atoms with Crippen LogP contribution in [0.3, 0.4) is 0 Å². The number of unbranched alkanes of at least 4 members (excludes halogenated alkanes) is 13. The molecule has 0 aromatic carbocycles. The molecule has 0 saturated carbocycles. The van der Waals surface area contributed by atoms with E-state index in [0.717, 1.165) is 70.8 Å². The predicted octanol–water partition coefficient (Wildman–Crippen LogP) is 3.66. The zero-order chi connectivity index (χ0) is 32.4. The Morgan fingerprint density at radius 1 is 0.756 bits per heavy atom. The normalized spacial score (nSPS) is 18.6. The number of carbonyl (C=O) groups excluding carboxylic acids is 3. The van der Waals surface area contributed by atoms with Gasteiger partial charge in [-0.15, -0.1) is 0 Å². The number of nitrogens with one attached hydrogen (secondary N) is 1. The zero-order valence-electron chi connectivity index (χ0n) is 30.2. The van der Waals surface area contributed by atoms with Crippen LogP contribution in [-0.2, 0) is 26.8 Å². The third-order valence-corrected chi connectivity index (χ3v) is 9.37. The number of hydrogen-bond donors (Lipinski definition) is 2. The SMILES string of the molecule is CC.COC(=O)CCCCCCCCCCCNC(=O)CCCCCCCCC(=O)N1CC(C)(CO)C(C)(CO[O][Tl])C1.[CH3-].[Cs+]. The predicted molar refractivity (Wildman–Crippen MR) is 179 cm³/mol. The van der Waals surface area contributed by atoms with Crippen LogP contribution in [0.1, 0.15) is 143 Å². The molecule has 1 fully saturated rings. The van der Waals surface area contributed by atoms with Gasteiger partial charge in [0.2, 0.25) is 5.91 Å². The Morgan fingerprint density at radius 2 is 1.20 bits per heavy atom. The van der Waals surface area contributed by atoms with E-state index < -0.39 is 5.41 Å². The molecule has 2 unspecified atom stereocenters. The first-order valence-electron chi connectivity index (χ1n) is 16.9. The van der Waals surface area contributed by atoms with Gasteiger partial charge in [-0.1, -0.05) is 65.2 Å². The molecule has 9 nitrogen and oxygen atoms in total. The summed E-state index contributed by atoms with van der Waals surface area (Å²) in [7, 11) is 1.44. The van der Waals surface area contributed by atoms with Gasteiger partial charge in [0.15, 0.2) is 0 Å². The van der Waals surface area contributed by atoms with Crippen LogP contribution in [0, 0.1) is 18.3 Å². The number of amides is 2. The Bertz CT molecular complexity index is 749. The van der Waals surface area contributed by atoms with E-state index in [2.05, 4.69) is 17.0 Å². The van der Waals surface area contributed by atoms with E-state index >= 15 is 0 Å². The van der Waals surface area contributed by atoms with Crippen LogP contribution >= 0.6 is 0 Å². The van der Waals surface area contributed by atoms with Crippen molar-refractivity contribution >= 4 is 44.0 Å². The number of nitrogens with zero attached hydrogens (tertiary/aromatic N) is 1. The topological polar surface area (TPSA) is 114 Å². The minimum atomic E-state index is -0.395. The van der Waals surface area contributed by atoms with Crippen LogP contribution in [0.15, 0.2) is 0 Å². The molecule has 1 aliphatic rings. The minimum absolute atomic E-state index is 0. The number of likely N-dealkylation sites (tertiary alicyclic amines) is 1. The maximum Gasteiger partial charge on any atom is 1.00 e. The van der Waals surface area contributed by atoms with E-state index in [1.165, 1.54) is 39.2 Å². The van der Waals surface area contributed by atoms with Crippen LogP contribution < -0.4 is 74.2 Å². The average Bonchev–Trinajstić information content (AvgIpc) is 3.29. The molecule has 45 heavy (non-hydrogen) atoms. The van der Waals surface area contributed by atoms with Crippen LogP contribution in [0.5, 0.6) is 0 Å². The van der Waals surface area contributed by atoms with Gasteiger partial charge in [0.05, 0.1) is 7.11 Å². The van der Waals surface area contributed by atoms with Gasteiger partial charge in [0.25, 0.3) is 0 Å². The van der Waals surface area contributed by atoms with Gasteiger partial charge in [0, 0.05) is 19.4 Å². The molecular weight excluding hydrogens is 886 g/mol. The fourth-order valence-electron chi connectivity index (χ4n) is 5.56. The van der Waals surface area contributed by atoms with Crippen molar-refractivity contribution in [3.8, 4) is 0 Å². The second-order valence-corrected chi connectivity index (χ2v) is 13.1. The van der Waals surface area contributed by atoms with E-state index in [0.29, 0.717) is 65.2 Å². The molecule has 1 heterocycles. The van der Waals surface area contributed by atoms with Gasteiger partial charge in [-0.25, -0.2) is 0 Å². The van der Waals surface area contributed by atoms with E-state index in [4.69, 9.17) is 7.73 Å². The Labute approximate surface area is 351 Å². The number of aliphatic hydroxyl groups is 1. The number of hydrogen-bond acceptors (Lipinski definition) is 7. The van der Waals surface area contributed by atoms with Crippen molar-refractivity contribution in [1.29, 1.82) is 0 Å². The van der Waals surface area contributed by atoms with Crippen molar-refractivity contribution in [1.82, 2.24) is 10.2 Å². The van der Waals surface area contributed by atoms with Crippen LogP contribution in [0.2, 0.25) is 0 Å². The van der Waals surface area contributed by atoms with Crippen LogP contribution in [0.25, 0.3) is 0 Å². The maximum absolute atomic E-state index is 12.8. The number of carbonyl (C=O) groups is 3. The molecule has 1 saturated heterocycles. The molecule has 0 aliphatic carbocycles. The number of esters is 1. The van der Waals surface area contributed by atoms with Crippen molar-refractivity contribution in [2.45, 2.75) is 143 Å². The van der Waals surface area contributed by atoms with Gasteiger partial charge in [0.1, 0.15) is 0 Å². The third-order valence-electron chi connectivity index (χ3n) is 8.84. The largest absolute Gasteiger partial charge is 1.00 e. The fraction of sp³-hybridized carbons (Fsp3) is 0.882. The van der Waals surface area contributed by atoms with Crippen molar-refractivity contribution in [3.05, 3.63) is 7.43 Å². The van der Waals surface area contributed by atoms with Gasteiger partial charge >= 0.3 is 213 Å². The van der Waals surface area contributed by atoms with Gasteiger partial charge < -0.3 is 17.5 Å². The number of rotatable bonds is 25. The summed E-state index contributed by atoms with van der Waals surface area (Å²) < 4.78 is 9.59. The van der Waals surface area contributed by atoms with E-state index in [1.54, 1.807) is 0 Å². The molecular formula is C34H66CsN2O7Tl. The molecule has 2 atom stereocenters. The summed E-state index contributed by atoms with van der Waals surface area (Å²) in [6.45, 7) is 10.4. The molecule has 0 radical (unpaired) electrons. The molecule has 0 aromatic rings. The summed E-state index contributed by atoms with van der Waals surface area (Å²) in [5.74, 6) is 0.205. The van der Waals surface area contributed by atoms with Crippen LogP contribution in [-0.4, -0.2) is 94.0 Å². The number of aliphatic hydroxyl groups excluding tert-OH is 1. The molecule has 0 bridgehead atoms. The third kappa shape index (κ3) is 23.3. The summed E-state index contributed by atoms with van der Waals surface area (Å²) in [5.41, 5.74) is -0.720. The Morgan fingerprint density at radius 3 is 1.69 bits per heavy atom. The number of ether oxygens (including phenoxy) is 1. The van der Waals surface area contributed by atoms with Crippen molar-refractivity contribution in [2.75, 3.05) is 40.0 Å². The van der Waals surface area contributed by atoms with E-state index in [9.17, 15) is 19.5 Å². The summed E-state index contributed by atoms with van der Waals surface area (Å²) in [4.78, 5) is 43.0. The first-order chi connectivity index (χ1) is 20.7. The molecule has 258 valence electrons. The summed E-state index contributed by atoms with van der Waals surface area (Å²) in [6, 6.07) is 0. The Balaban J connectivity index is -0.00000431. The molecule has 1 aliphatic heterocycles. The molecule has 1 rings (SSSR count). The zero-order valence-corrected chi connectivity index (χ0v) is 41.0. The van der Waals surface area contributed by atoms with E-state index in [-0.39, 0.29) is 106 Å². The van der Waals surface area contributed by atoms with Crippen molar-refractivity contribution < 1.29 is 101 Å². The average molecular weight is 952 g/mol. The van der Waals surface area contributed by atoms with Gasteiger partial charge in [-0.2, -0.15) is 0 Å². The standard InChI is InChI=1S/C31H58N2O7.C2H6.CH3.Cs.Tl/c1-30(25-34)23-33(24-31(30,2)26-40-38)28(36)20-16-12-9-8-11-15-19-27(35)32-22-18-14-10-6-4-5-7-13-17-21-29(37)39-3;1-2;;;/h34,38H,4-26H2,1-3H3,(H,32,35);1-2H3;1H3;;/q;;-1;2*+1/p-1. The summed E-state index contributed by atoms with van der Waals surface area (Å²) >= 11 is 0.297. The molecule has 2 amide bonds. The maximum atomic E-state index is 12.8. The number of methoxy groups -OCH3 is 1. The monoisotopic (exact) mass is 952 g/mol. The van der Waals surface area contributed by atoms with Crippen molar-refractivity contribution in [3.63, 3.8) is 0 Å².